The minimum Gasteiger partial charge on any atom is -0.379 e. The van der Waals surface area contributed by atoms with Crippen LogP contribution in [0, 0.1) is 23.7 Å². The summed E-state index contributed by atoms with van der Waals surface area (Å²) in [6.45, 7) is 7.45. The van der Waals surface area contributed by atoms with Gasteiger partial charge in [-0.25, -0.2) is 0 Å². The standard InChI is InChI=1S/C11H15N3O2/c1-6(2)12-11-9(13-15)5-7(3)8(4)10(11)14-16/h5-6,12H,1-4H3. The molecule has 0 saturated carbocycles. The normalized spacial score (nSPS) is 10.3. The van der Waals surface area contributed by atoms with Gasteiger partial charge >= 0.3 is 0 Å². The molecule has 0 unspecified atom stereocenters. The first-order valence-electron chi connectivity index (χ1n) is 5.08. The SMILES string of the molecule is Cc1cc(N=O)c(NC(C)C)c(N=O)c1C. The largest absolute Gasteiger partial charge is 0.379 e. The molecule has 0 aliphatic heterocycles. The predicted octanol–water partition coefficient (Wildman–Crippen LogP) is 3.92. The first-order valence-corrected chi connectivity index (χ1v) is 5.08. The topological polar surface area (TPSA) is 70.9 Å². The van der Waals surface area contributed by atoms with Gasteiger partial charge in [-0.05, 0) is 55.2 Å². The Morgan fingerprint density at radius 3 is 2.25 bits per heavy atom. The van der Waals surface area contributed by atoms with Crippen LogP contribution in [0.15, 0.2) is 16.4 Å². The average Bonchev–Trinajstić information content (AvgIpc) is 2.23. The number of anilines is 1. The molecule has 5 heteroatoms. The number of benzene rings is 1. The lowest BCUT2D eigenvalue weighted by atomic mass is 10.0. The van der Waals surface area contributed by atoms with Gasteiger partial charge in [0.25, 0.3) is 0 Å². The summed E-state index contributed by atoms with van der Waals surface area (Å²) in [7, 11) is 0. The number of rotatable bonds is 4. The summed E-state index contributed by atoms with van der Waals surface area (Å²) in [5, 5.41) is 8.93. The van der Waals surface area contributed by atoms with Crippen molar-refractivity contribution in [1.82, 2.24) is 0 Å². The summed E-state index contributed by atoms with van der Waals surface area (Å²) in [4.78, 5) is 21.5. The third-order valence-corrected chi connectivity index (χ3v) is 2.42. The number of nitroso groups, excluding NO2 is 2. The van der Waals surface area contributed by atoms with Crippen LogP contribution >= 0.6 is 0 Å². The van der Waals surface area contributed by atoms with Crippen molar-refractivity contribution in [2.24, 2.45) is 10.4 Å². The summed E-state index contributed by atoms with van der Waals surface area (Å²) in [6.07, 6.45) is 0. The fraction of sp³-hybridized carbons (Fsp3) is 0.455. The zero-order chi connectivity index (χ0) is 12.3. The van der Waals surface area contributed by atoms with Crippen LogP contribution < -0.4 is 5.32 Å². The van der Waals surface area contributed by atoms with Crippen LogP contribution in [0.3, 0.4) is 0 Å². The van der Waals surface area contributed by atoms with Crippen molar-refractivity contribution < 1.29 is 0 Å². The second-order valence-electron chi connectivity index (χ2n) is 4.04. The van der Waals surface area contributed by atoms with Gasteiger partial charge in [-0.3, -0.25) is 0 Å². The van der Waals surface area contributed by atoms with E-state index in [1.165, 1.54) is 0 Å². The fourth-order valence-corrected chi connectivity index (χ4v) is 1.50. The second kappa shape index (κ2) is 4.83. The van der Waals surface area contributed by atoms with Crippen molar-refractivity contribution in [2.75, 3.05) is 5.32 Å². The Balaban J connectivity index is 3.46. The van der Waals surface area contributed by atoms with Crippen molar-refractivity contribution in [3.8, 4) is 0 Å². The molecule has 0 radical (unpaired) electrons. The quantitative estimate of drug-likeness (QED) is 0.783. The van der Waals surface area contributed by atoms with E-state index in [2.05, 4.69) is 15.7 Å². The van der Waals surface area contributed by atoms with E-state index in [1.54, 1.807) is 13.0 Å². The van der Waals surface area contributed by atoms with Crippen molar-refractivity contribution in [3.05, 3.63) is 27.0 Å². The van der Waals surface area contributed by atoms with Gasteiger partial charge in [0, 0.05) is 6.04 Å². The van der Waals surface area contributed by atoms with Crippen LogP contribution in [0.1, 0.15) is 25.0 Å². The smallest absolute Gasteiger partial charge is 0.136 e. The molecule has 0 amide bonds. The van der Waals surface area contributed by atoms with Crippen LogP contribution in [0.25, 0.3) is 0 Å². The van der Waals surface area contributed by atoms with Gasteiger partial charge in [0.05, 0.1) is 5.69 Å². The van der Waals surface area contributed by atoms with Crippen LogP contribution in [0.2, 0.25) is 0 Å². The van der Waals surface area contributed by atoms with Crippen molar-refractivity contribution in [2.45, 2.75) is 33.7 Å². The lowest BCUT2D eigenvalue weighted by Crippen LogP contribution is -2.10. The number of hydrogen-bond acceptors (Lipinski definition) is 5. The summed E-state index contributed by atoms with van der Waals surface area (Å²) in [6, 6.07) is 1.75. The zero-order valence-electron chi connectivity index (χ0n) is 9.87. The Kier molecular flexibility index (Phi) is 3.71. The Bertz CT molecular complexity index is 428. The maximum atomic E-state index is 10.8. The molecule has 5 nitrogen and oxygen atoms in total. The third kappa shape index (κ3) is 2.24. The molecule has 16 heavy (non-hydrogen) atoms. The van der Waals surface area contributed by atoms with Crippen molar-refractivity contribution >= 4 is 17.1 Å². The van der Waals surface area contributed by atoms with E-state index in [-0.39, 0.29) is 17.4 Å². The molecule has 0 aromatic heterocycles. The van der Waals surface area contributed by atoms with Gasteiger partial charge in [-0.2, -0.15) is 0 Å². The van der Waals surface area contributed by atoms with E-state index in [0.717, 1.165) is 11.1 Å². The highest BCUT2D eigenvalue weighted by Crippen LogP contribution is 2.39. The molecule has 0 fully saturated rings. The molecule has 1 aromatic carbocycles. The zero-order valence-corrected chi connectivity index (χ0v) is 9.87. The summed E-state index contributed by atoms with van der Waals surface area (Å²) < 4.78 is 0. The molecule has 0 atom stereocenters. The molecule has 0 heterocycles. The Labute approximate surface area is 94.2 Å². The maximum Gasteiger partial charge on any atom is 0.136 e. The van der Waals surface area contributed by atoms with E-state index < -0.39 is 0 Å². The second-order valence-corrected chi connectivity index (χ2v) is 4.04. The molecule has 0 aliphatic rings. The van der Waals surface area contributed by atoms with Gasteiger partial charge in [-0.1, -0.05) is 0 Å². The van der Waals surface area contributed by atoms with Crippen molar-refractivity contribution in [3.63, 3.8) is 0 Å². The minimum atomic E-state index is 0.100. The molecule has 0 bridgehead atoms. The molecule has 1 aromatic rings. The lowest BCUT2D eigenvalue weighted by Gasteiger charge is -2.15. The molecule has 86 valence electrons. The summed E-state index contributed by atoms with van der Waals surface area (Å²) >= 11 is 0. The Morgan fingerprint density at radius 2 is 1.81 bits per heavy atom. The monoisotopic (exact) mass is 221 g/mol. The van der Waals surface area contributed by atoms with Gasteiger partial charge in [0.15, 0.2) is 0 Å². The highest BCUT2D eigenvalue weighted by molar-refractivity contribution is 5.82. The summed E-state index contributed by atoms with van der Waals surface area (Å²) in [5.41, 5.74) is 2.52. The first kappa shape index (κ1) is 12.3. The van der Waals surface area contributed by atoms with E-state index in [1.807, 2.05) is 20.8 Å². The molecular weight excluding hydrogens is 206 g/mol. The van der Waals surface area contributed by atoms with Crippen LogP contribution in [0.4, 0.5) is 17.1 Å². The van der Waals surface area contributed by atoms with Crippen LogP contribution in [-0.2, 0) is 0 Å². The van der Waals surface area contributed by atoms with Crippen LogP contribution in [0.5, 0.6) is 0 Å². The van der Waals surface area contributed by atoms with E-state index in [4.69, 9.17) is 0 Å². The molecular formula is C11H15N3O2. The van der Waals surface area contributed by atoms with E-state index in [9.17, 15) is 9.81 Å². The Hall–Kier alpha value is -1.78. The van der Waals surface area contributed by atoms with Gasteiger partial charge < -0.3 is 5.32 Å². The molecule has 0 saturated heterocycles. The summed E-state index contributed by atoms with van der Waals surface area (Å²) in [5.74, 6) is 0. The lowest BCUT2D eigenvalue weighted by molar-refractivity contribution is 0.899. The van der Waals surface area contributed by atoms with E-state index in [0.29, 0.717) is 5.69 Å². The number of nitrogens with one attached hydrogen (secondary N) is 1. The van der Waals surface area contributed by atoms with Crippen LogP contribution in [-0.4, -0.2) is 6.04 Å². The van der Waals surface area contributed by atoms with Crippen molar-refractivity contribution in [1.29, 1.82) is 0 Å². The molecule has 0 aliphatic carbocycles. The first-order chi connectivity index (χ1) is 7.51. The fourth-order valence-electron chi connectivity index (χ4n) is 1.50. The van der Waals surface area contributed by atoms with E-state index >= 15 is 0 Å². The minimum absolute atomic E-state index is 0.100. The number of nitrogens with zero attached hydrogens (tertiary/aromatic N) is 2. The molecule has 1 N–H and O–H groups in total. The highest BCUT2D eigenvalue weighted by Gasteiger charge is 2.15. The average molecular weight is 221 g/mol. The maximum absolute atomic E-state index is 10.8. The predicted molar refractivity (Wildman–Crippen MR) is 65.6 cm³/mol. The number of hydrogen-bond donors (Lipinski definition) is 1. The Morgan fingerprint density at radius 1 is 1.19 bits per heavy atom. The van der Waals surface area contributed by atoms with Gasteiger partial charge in [0.1, 0.15) is 11.4 Å². The molecule has 0 spiro atoms. The molecule has 1 rings (SSSR count). The van der Waals surface area contributed by atoms with Gasteiger partial charge in [0.2, 0.25) is 0 Å². The third-order valence-electron chi connectivity index (χ3n) is 2.42. The highest BCUT2D eigenvalue weighted by atomic mass is 16.3. The number of aryl methyl sites for hydroxylation is 1. The van der Waals surface area contributed by atoms with Gasteiger partial charge in [-0.15, -0.1) is 9.81 Å².